The van der Waals surface area contributed by atoms with Crippen molar-refractivity contribution in [1.82, 2.24) is 14.8 Å². The van der Waals surface area contributed by atoms with Crippen molar-refractivity contribution < 1.29 is 5.11 Å². The van der Waals surface area contributed by atoms with Gasteiger partial charge in [0.25, 0.3) is 0 Å². The number of rotatable bonds is 3. The van der Waals surface area contributed by atoms with Crippen LogP contribution in [-0.4, -0.2) is 19.9 Å². The van der Waals surface area contributed by atoms with Gasteiger partial charge in [0.1, 0.15) is 11.6 Å². The summed E-state index contributed by atoms with van der Waals surface area (Å²) in [6.07, 6.45) is 0.806. The van der Waals surface area contributed by atoms with Crippen LogP contribution in [0.4, 0.5) is 0 Å². The molecule has 0 saturated heterocycles. The number of aromatic hydroxyl groups is 1. The number of benzene rings is 2. The number of hydrogen-bond acceptors (Lipinski definition) is 3. The van der Waals surface area contributed by atoms with Gasteiger partial charge < -0.3 is 5.11 Å². The van der Waals surface area contributed by atoms with Gasteiger partial charge in [-0.3, -0.25) is 4.57 Å². The maximum absolute atomic E-state index is 9.40. The first kappa shape index (κ1) is 12.4. The molecule has 0 unspecified atom stereocenters. The molecule has 2 aromatic carbocycles. The molecule has 20 heavy (non-hydrogen) atoms. The summed E-state index contributed by atoms with van der Waals surface area (Å²) >= 11 is 0. The van der Waals surface area contributed by atoms with E-state index in [1.165, 1.54) is 0 Å². The Morgan fingerprint density at radius 1 is 0.950 bits per heavy atom. The van der Waals surface area contributed by atoms with Crippen molar-refractivity contribution in [3.63, 3.8) is 0 Å². The average molecular weight is 265 g/mol. The molecule has 0 fully saturated rings. The fraction of sp³-hybridized carbons (Fsp3) is 0.125. The Kier molecular flexibility index (Phi) is 3.21. The van der Waals surface area contributed by atoms with Crippen molar-refractivity contribution >= 4 is 0 Å². The normalized spacial score (nSPS) is 10.7. The highest BCUT2D eigenvalue weighted by Crippen LogP contribution is 2.24. The molecule has 1 heterocycles. The molecule has 0 aliphatic heterocycles. The van der Waals surface area contributed by atoms with E-state index in [1.807, 2.05) is 47.0 Å². The van der Waals surface area contributed by atoms with E-state index in [-0.39, 0.29) is 5.75 Å². The molecule has 1 N–H and O–H groups in total. The fourth-order valence-electron chi connectivity index (χ4n) is 2.19. The van der Waals surface area contributed by atoms with Gasteiger partial charge >= 0.3 is 0 Å². The molecule has 0 aliphatic rings. The van der Waals surface area contributed by atoms with Gasteiger partial charge in [-0.15, -0.1) is 10.2 Å². The zero-order chi connectivity index (χ0) is 13.9. The maximum Gasteiger partial charge on any atom is 0.168 e. The van der Waals surface area contributed by atoms with Crippen LogP contribution in [0.1, 0.15) is 12.7 Å². The van der Waals surface area contributed by atoms with Gasteiger partial charge in [0.2, 0.25) is 0 Å². The van der Waals surface area contributed by atoms with E-state index in [4.69, 9.17) is 0 Å². The predicted octanol–water partition coefficient (Wildman–Crippen LogP) is 3.20. The monoisotopic (exact) mass is 265 g/mol. The molecule has 0 radical (unpaired) electrons. The number of phenolic OH excluding ortho intramolecular Hbond substituents is 1. The Morgan fingerprint density at radius 3 is 2.30 bits per heavy atom. The van der Waals surface area contributed by atoms with E-state index in [0.29, 0.717) is 0 Å². The first-order chi connectivity index (χ1) is 9.79. The van der Waals surface area contributed by atoms with Crippen LogP contribution >= 0.6 is 0 Å². The number of aromatic nitrogens is 3. The van der Waals surface area contributed by atoms with E-state index >= 15 is 0 Å². The van der Waals surface area contributed by atoms with Crippen molar-refractivity contribution in [3.8, 4) is 22.8 Å². The van der Waals surface area contributed by atoms with Gasteiger partial charge in [0.05, 0.1) is 0 Å². The Hall–Kier alpha value is -2.62. The molecule has 0 saturated carbocycles. The van der Waals surface area contributed by atoms with Crippen LogP contribution in [0.15, 0.2) is 54.6 Å². The summed E-state index contributed by atoms with van der Waals surface area (Å²) in [4.78, 5) is 0. The topological polar surface area (TPSA) is 50.9 Å². The van der Waals surface area contributed by atoms with Gasteiger partial charge in [0, 0.05) is 17.7 Å². The summed E-state index contributed by atoms with van der Waals surface area (Å²) < 4.78 is 2.05. The summed E-state index contributed by atoms with van der Waals surface area (Å²) in [7, 11) is 0. The molecule has 1 aromatic heterocycles. The van der Waals surface area contributed by atoms with Crippen LogP contribution in [0.2, 0.25) is 0 Å². The smallest absolute Gasteiger partial charge is 0.168 e. The summed E-state index contributed by atoms with van der Waals surface area (Å²) in [5.41, 5.74) is 1.97. The molecule has 0 atom stereocenters. The summed E-state index contributed by atoms with van der Waals surface area (Å²) in [5.74, 6) is 1.95. The highest BCUT2D eigenvalue weighted by atomic mass is 16.3. The SMILES string of the molecule is CCc1nnc(-c2ccc(O)cc2)n1-c1ccccc1. The summed E-state index contributed by atoms with van der Waals surface area (Å²) in [6, 6.07) is 17.1. The maximum atomic E-state index is 9.40. The van der Waals surface area contributed by atoms with Gasteiger partial charge in [-0.2, -0.15) is 0 Å². The van der Waals surface area contributed by atoms with Gasteiger partial charge in [-0.05, 0) is 36.4 Å². The molecule has 100 valence electrons. The van der Waals surface area contributed by atoms with Gasteiger partial charge in [-0.25, -0.2) is 0 Å². The van der Waals surface area contributed by atoms with E-state index in [9.17, 15) is 5.11 Å². The molecular formula is C16H15N3O. The molecule has 0 amide bonds. The third-order valence-corrected chi connectivity index (χ3v) is 3.19. The minimum Gasteiger partial charge on any atom is -0.508 e. The minimum atomic E-state index is 0.246. The van der Waals surface area contributed by atoms with Crippen molar-refractivity contribution in [2.45, 2.75) is 13.3 Å². The quantitative estimate of drug-likeness (QED) is 0.791. The van der Waals surface area contributed by atoms with E-state index in [2.05, 4.69) is 17.1 Å². The largest absolute Gasteiger partial charge is 0.508 e. The third kappa shape index (κ3) is 2.16. The molecule has 4 nitrogen and oxygen atoms in total. The second-order valence-corrected chi connectivity index (χ2v) is 4.51. The lowest BCUT2D eigenvalue weighted by atomic mass is 10.2. The lowest BCUT2D eigenvalue weighted by molar-refractivity contribution is 0.475. The van der Waals surface area contributed by atoms with E-state index < -0.39 is 0 Å². The molecule has 4 heteroatoms. The van der Waals surface area contributed by atoms with Crippen LogP contribution in [-0.2, 0) is 6.42 Å². The second kappa shape index (κ2) is 5.17. The predicted molar refractivity (Wildman–Crippen MR) is 77.8 cm³/mol. The Bertz CT molecular complexity index is 702. The fourth-order valence-corrected chi connectivity index (χ4v) is 2.19. The third-order valence-electron chi connectivity index (χ3n) is 3.19. The second-order valence-electron chi connectivity index (χ2n) is 4.51. The van der Waals surface area contributed by atoms with Gasteiger partial charge in [0.15, 0.2) is 5.82 Å². The molecule has 0 spiro atoms. The number of aryl methyl sites for hydroxylation is 1. The highest BCUT2D eigenvalue weighted by molar-refractivity contribution is 5.59. The molecule has 3 rings (SSSR count). The minimum absolute atomic E-state index is 0.246. The number of nitrogens with zero attached hydrogens (tertiary/aromatic N) is 3. The summed E-state index contributed by atoms with van der Waals surface area (Å²) in [5, 5.41) is 18.0. The van der Waals surface area contributed by atoms with Crippen molar-refractivity contribution in [2.24, 2.45) is 0 Å². The molecule has 0 bridgehead atoms. The van der Waals surface area contributed by atoms with Crippen LogP contribution < -0.4 is 0 Å². The number of para-hydroxylation sites is 1. The average Bonchev–Trinajstić information content (AvgIpc) is 2.93. The first-order valence-corrected chi connectivity index (χ1v) is 6.58. The standard InChI is InChI=1S/C16H15N3O/c1-2-15-17-18-16(12-8-10-14(20)11-9-12)19(15)13-6-4-3-5-7-13/h3-11,20H,2H2,1H3. The number of hydrogen-bond donors (Lipinski definition) is 1. The molecular weight excluding hydrogens is 250 g/mol. The van der Waals surface area contributed by atoms with Crippen molar-refractivity contribution in [2.75, 3.05) is 0 Å². The lowest BCUT2D eigenvalue weighted by Crippen LogP contribution is -2.02. The first-order valence-electron chi connectivity index (χ1n) is 6.58. The van der Waals surface area contributed by atoms with Gasteiger partial charge in [-0.1, -0.05) is 25.1 Å². The van der Waals surface area contributed by atoms with Crippen molar-refractivity contribution in [1.29, 1.82) is 0 Å². The van der Waals surface area contributed by atoms with Crippen LogP contribution in [0.5, 0.6) is 5.75 Å². The molecule has 0 aliphatic carbocycles. The zero-order valence-electron chi connectivity index (χ0n) is 11.2. The Labute approximate surface area is 117 Å². The highest BCUT2D eigenvalue weighted by Gasteiger charge is 2.13. The van der Waals surface area contributed by atoms with Crippen LogP contribution in [0, 0.1) is 0 Å². The lowest BCUT2D eigenvalue weighted by Gasteiger charge is -2.09. The Morgan fingerprint density at radius 2 is 1.65 bits per heavy atom. The van der Waals surface area contributed by atoms with Crippen LogP contribution in [0.25, 0.3) is 17.1 Å². The van der Waals surface area contributed by atoms with E-state index in [1.54, 1.807) is 12.1 Å². The summed E-state index contributed by atoms with van der Waals surface area (Å²) in [6.45, 7) is 2.06. The van der Waals surface area contributed by atoms with Crippen LogP contribution in [0.3, 0.4) is 0 Å². The zero-order valence-corrected chi connectivity index (χ0v) is 11.2. The number of phenols is 1. The van der Waals surface area contributed by atoms with Crippen molar-refractivity contribution in [3.05, 3.63) is 60.4 Å². The Balaban J connectivity index is 2.17. The van der Waals surface area contributed by atoms with E-state index in [0.717, 1.165) is 29.3 Å². The molecule has 3 aromatic rings.